The zero-order chi connectivity index (χ0) is 18.5. The van der Waals surface area contributed by atoms with E-state index in [1.54, 1.807) is 0 Å². The Morgan fingerprint density at radius 1 is 0.625 bits per heavy atom. The summed E-state index contributed by atoms with van der Waals surface area (Å²) in [5, 5.41) is 0. The fourth-order valence-corrected chi connectivity index (χ4v) is 2.90. The van der Waals surface area contributed by atoms with Gasteiger partial charge in [-0.3, -0.25) is 0 Å². The van der Waals surface area contributed by atoms with Crippen molar-refractivity contribution in [3.8, 4) is 0 Å². The lowest BCUT2D eigenvalue weighted by Crippen LogP contribution is -1.98. The molecular weight excluding hydrogens is 339 g/mol. The van der Waals surface area contributed by atoms with E-state index in [0.717, 1.165) is 0 Å². The summed E-state index contributed by atoms with van der Waals surface area (Å²) in [6.45, 7) is 3.60. The zero-order valence-corrected chi connectivity index (χ0v) is 18.6. The first-order valence-electron chi connectivity index (χ1n) is 10.2. The fraction of sp³-hybridized carbons (Fsp3) is 1.00. The number of unbranched alkanes of at least 4 members (excludes halogenated alkanes) is 14. The molecule has 0 aromatic carbocycles. The summed E-state index contributed by atoms with van der Waals surface area (Å²) in [5.41, 5.74) is 0. The first kappa shape index (κ1) is 26.6. The van der Waals surface area contributed by atoms with Gasteiger partial charge in [0.05, 0.1) is 16.3 Å². The van der Waals surface area contributed by atoms with E-state index < -0.39 is 10.1 Å². The molecule has 0 aliphatic heterocycles. The summed E-state index contributed by atoms with van der Waals surface area (Å²) in [4.78, 5) is 0. The van der Waals surface area contributed by atoms with Crippen LogP contribution in [0.25, 0.3) is 0 Å². The third-order valence-corrected chi connectivity index (χ3v) is 5.41. The monoisotopic (exact) mass is 382 g/mol. The van der Waals surface area contributed by atoms with Crippen LogP contribution in [0.4, 0.5) is 0 Å². The molecule has 3 nitrogen and oxygen atoms in total. The van der Waals surface area contributed by atoms with Crippen molar-refractivity contribution in [2.75, 3.05) is 11.9 Å². The van der Waals surface area contributed by atoms with E-state index in [1.807, 2.05) is 0 Å². The Hall–Kier alpha value is 0.340. The topological polar surface area (TPSA) is 57.2 Å². The highest BCUT2D eigenvalue weighted by molar-refractivity contribution is 7.85. The van der Waals surface area contributed by atoms with Crippen LogP contribution >= 0.6 is 9.24 Å². The predicted molar refractivity (Wildman–Crippen MR) is 111 cm³/mol. The normalized spacial score (nSPS) is 11.3. The quantitative estimate of drug-likeness (QED) is 0.186. The lowest BCUT2D eigenvalue weighted by molar-refractivity contribution is 0.464. The van der Waals surface area contributed by atoms with Crippen molar-refractivity contribution in [1.29, 1.82) is 0 Å². The van der Waals surface area contributed by atoms with Gasteiger partial charge >= 0.3 is 0 Å². The zero-order valence-electron chi connectivity index (χ0n) is 16.4. The van der Waals surface area contributed by atoms with Crippen molar-refractivity contribution in [2.45, 2.75) is 110 Å². The van der Waals surface area contributed by atoms with E-state index in [2.05, 4.69) is 16.2 Å². The molecule has 0 aromatic heterocycles. The summed E-state index contributed by atoms with van der Waals surface area (Å²) in [5.74, 6) is -0.312. The summed E-state index contributed by atoms with van der Waals surface area (Å²) in [7, 11) is -1.79. The van der Waals surface area contributed by atoms with Gasteiger partial charge in [0.1, 0.15) is 0 Å². The molecule has 0 saturated carbocycles. The van der Waals surface area contributed by atoms with Crippen LogP contribution in [0.1, 0.15) is 110 Å². The van der Waals surface area contributed by atoms with Gasteiger partial charge in [-0.25, -0.2) is 8.42 Å². The van der Waals surface area contributed by atoms with Crippen LogP contribution in [0.2, 0.25) is 0 Å². The van der Waals surface area contributed by atoms with E-state index in [4.69, 9.17) is 0 Å². The minimum Gasteiger partial charge on any atom is -0.748 e. The largest absolute Gasteiger partial charge is 0.748 e. The van der Waals surface area contributed by atoms with Gasteiger partial charge in [-0.15, -0.1) is 0 Å². The van der Waals surface area contributed by atoms with E-state index in [0.29, 0.717) is 0 Å². The highest BCUT2D eigenvalue weighted by Gasteiger charge is 1.94. The molecular formula is C19H43O3PS. The lowest BCUT2D eigenvalue weighted by atomic mass is 10.0. The average Bonchev–Trinajstić information content (AvgIpc) is 2.55. The maximum Gasteiger partial charge on any atom is 0.0943 e. The van der Waals surface area contributed by atoms with E-state index in [1.165, 1.54) is 109 Å². The molecule has 148 valence electrons. The Balaban J connectivity index is 0. The van der Waals surface area contributed by atoms with Crippen LogP contribution in [0, 0.1) is 0 Å². The Morgan fingerprint density at radius 3 is 1.08 bits per heavy atom. The molecule has 0 fully saturated rings. The average molecular weight is 383 g/mol. The molecule has 0 amide bonds. The highest BCUT2D eigenvalue weighted by atomic mass is 32.2. The number of rotatable bonds is 16. The van der Waals surface area contributed by atoms with Crippen molar-refractivity contribution in [2.24, 2.45) is 0 Å². The summed E-state index contributed by atoms with van der Waals surface area (Å²) < 4.78 is 28.3. The second-order valence-electron chi connectivity index (χ2n) is 6.65. The molecule has 1 atom stereocenters. The molecule has 0 bridgehead atoms. The maximum atomic E-state index is 9.44. The molecule has 0 spiro atoms. The third-order valence-electron chi connectivity index (χ3n) is 4.21. The standard InChI is InChI=1S/C17H37P.C2H6O3S/c1-2-3-4-5-6-7-8-9-10-11-12-13-14-15-16-17-18;1-2-6(3,4)5/h2-18H2,1H3;2H2,1H3,(H,3,4,5). The van der Waals surface area contributed by atoms with Gasteiger partial charge in [0.15, 0.2) is 0 Å². The van der Waals surface area contributed by atoms with E-state index in [-0.39, 0.29) is 5.75 Å². The van der Waals surface area contributed by atoms with Crippen LogP contribution in [0.15, 0.2) is 0 Å². The van der Waals surface area contributed by atoms with Crippen LogP contribution in [0.5, 0.6) is 0 Å². The van der Waals surface area contributed by atoms with Gasteiger partial charge in [-0.05, 0) is 22.1 Å². The third kappa shape index (κ3) is 30.2. The first-order chi connectivity index (χ1) is 11.5. The Kier molecular flexibility index (Phi) is 23.7. The molecule has 5 heteroatoms. The molecule has 0 N–H and O–H groups in total. The van der Waals surface area contributed by atoms with Crippen LogP contribution < -0.4 is 0 Å². The molecule has 0 aliphatic rings. The lowest BCUT2D eigenvalue weighted by Gasteiger charge is -2.02. The second kappa shape index (κ2) is 21.4. The molecule has 24 heavy (non-hydrogen) atoms. The Labute approximate surface area is 154 Å². The van der Waals surface area contributed by atoms with Crippen LogP contribution in [-0.4, -0.2) is 24.9 Å². The minimum atomic E-state index is -3.91. The van der Waals surface area contributed by atoms with Crippen molar-refractivity contribution >= 4 is 19.4 Å². The van der Waals surface area contributed by atoms with Gasteiger partial charge in [0, 0.05) is 5.75 Å². The van der Waals surface area contributed by atoms with Crippen molar-refractivity contribution in [1.82, 2.24) is 0 Å². The Bertz CT molecular complexity index is 303. The minimum absolute atomic E-state index is 0.312. The summed E-state index contributed by atoms with van der Waals surface area (Å²) in [6.07, 6.45) is 23.5. The fourth-order valence-electron chi connectivity index (χ4n) is 2.55. The maximum absolute atomic E-state index is 9.44. The van der Waals surface area contributed by atoms with Gasteiger partial charge in [-0.1, -0.05) is 97.3 Å². The molecule has 0 saturated heterocycles. The van der Waals surface area contributed by atoms with Gasteiger partial charge in [-0.2, -0.15) is 0 Å². The van der Waals surface area contributed by atoms with Gasteiger partial charge in [0.2, 0.25) is 0 Å². The molecule has 0 radical (unpaired) electrons. The first-order valence-corrected chi connectivity index (χ1v) is 12.8. The molecule has 0 rings (SSSR count). The van der Waals surface area contributed by atoms with Crippen molar-refractivity contribution in [3.63, 3.8) is 0 Å². The molecule has 0 aliphatic carbocycles. The number of hydrogen-bond acceptors (Lipinski definition) is 3. The summed E-state index contributed by atoms with van der Waals surface area (Å²) >= 11 is 0. The van der Waals surface area contributed by atoms with Crippen molar-refractivity contribution in [3.05, 3.63) is 0 Å². The van der Waals surface area contributed by atoms with E-state index in [9.17, 15) is 13.0 Å². The molecule has 1 unspecified atom stereocenters. The number of hydrogen-bond donors (Lipinski definition) is 0. The Morgan fingerprint density at radius 2 is 0.875 bits per heavy atom. The van der Waals surface area contributed by atoms with Crippen molar-refractivity contribution < 1.29 is 13.0 Å². The molecule has 0 heterocycles. The van der Waals surface area contributed by atoms with E-state index >= 15 is 0 Å². The van der Waals surface area contributed by atoms with Crippen LogP contribution in [0.3, 0.4) is 0 Å². The summed E-state index contributed by atoms with van der Waals surface area (Å²) in [6, 6.07) is 0. The SMILES string of the molecule is CCCCCCCCCCCCCCCCC[PH3+].CCS(=O)(=O)[O-]. The molecule has 0 aromatic rings. The van der Waals surface area contributed by atoms with Gasteiger partial charge in [0.25, 0.3) is 0 Å². The smallest absolute Gasteiger partial charge is 0.0943 e. The second-order valence-corrected chi connectivity index (χ2v) is 9.05. The van der Waals surface area contributed by atoms with Gasteiger partial charge < -0.3 is 4.55 Å². The highest BCUT2D eigenvalue weighted by Crippen LogP contribution is 2.13. The van der Waals surface area contributed by atoms with Crippen LogP contribution in [-0.2, 0) is 10.1 Å². The predicted octanol–water partition coefficient (Wildman–Crippen LogP) is 6.02.